The van der Waals surface area contributed by atoms with Crippen molar-refractivity contribution in [3.63, 3.8) is 0 Å². The van der Waals surface area contributed by atoms with Crippen LogP contribution in [0.3, 0.4) is 0 Å². The highest BCUT2D eigenvalue weighted by molar-refractivity contribution is 5.92. The first-order chi connectivity index (χ1) is 11.5. The first-order valence-corrected chi connectivity index (χ1v) is 8.10. The van der Waals surface area contributed by atoms with Gasteiger partial charge in [-0.25, -0.2) is 4.39 Å². The highest BCUT2D eigenvalue weighted by atomic mass is 19.1. The third kappa shape index (κ3) is 6.16. The van der Waals surface area contributed by atoms with E-state index in [9.17, 15) is 14.0 Å². The van der Waals surface area contributed by atoms with Crippen LogP contribution in [0.2, 0.25) is 0 Å². The zero-order chi connectivity index (χ0) is 17.4. The standard InChI is InChI=1S/C17H22FNO5/c18-12-7-8-15(24-11-13-4-3-9-23-13)14(10-12)19-16(20)5-1-2-6-17(21)22/h7-8,10,13H,1-6,9,11H2,(H,19,20)(H,21,22). The molecule has 1 fully saturated rings. The molecule has 1 aromatic carbocycles. The number of aliphatic carboxylic acids is 1. The summed E-state index contributed by atoms with van der Waals surface area (Å²) >= 11 is 0. The Hall–Kier alpha value is -2.15. The molecule has 1 aromatic rings. The fourth-order valence-electron chi connectivity index (χ4n) is 2.46. The monoisotopic (exact) mass is 339 g/mol. The van der Waals surface area contributed by atoms with Gasteiger partial charge in [-0.3, -0.25) is 9.59 Å². The molecule has 6 nitrogen and oxygen atoms in total. The quantitative estimate of drug-likeness (QED) is 0.676. The zero-order valence-electron chi connectivity index (χ0n) is 13.4. The zero-order valence-corrected chi connectivity index (χ0v) is 13.4. The molecule has 24 heavy (non-hydrogen) atoms. The lowest BCUT2D eigenvalue weighted by molar-refractivity contribution is -0.137. The number of anilines is 1. The molecule has 2 N–H and O–H groups in total. The maximum Gasteiger partial charge on any atom is 0.303 e. The predicted octanol–water partition coefficient (Wildman–Crippen LogP) is 2.97. The van der Waals surface area contributed by atoms with Crippen LogP contribution in [0.25, 0.3) is 0 Å². The Morgan fingerprint density at radius 2 is 2.12 bits per heavy atom. The van der Waals surface area contributed by atoms with E-state index >= 15 is 0 Å². The lowest BCUT2D eigenvalue weighted by Gasteiger charge is -2.15. The minimum Gasteiger partial charge on any atom is -0.489 e. The van der Waals surface area contributed by atoms with Crippen LogP contribution in [0.4, 0.5) is 10.1 Å². The van der Waals surface area contributed by atoms with E-state index in [1.54, 1.807) is 0 Å². The number of carbonyl (C=O) groups is 2. The van der Waals surface area contributed by atoms with Gasteiger partial charge in [0.25, 0.3) is 0 Å². The van der Waals surface area contributed by atoms with Gasteiger partial charge in [-0.05, 0) is 37.8 Å². The molecule has 1 saturated heterocycles. The number of unbranched alkanes of at least 4 members (excludes halogenated alkanes) is 1. The Balaban J connectivity index is 1.86. The van der Waals surface area contributed by atoms with Gasteiger partial charge in [0.2, 0.25) is 5.91 Å². The summed E-state index contributed by atoms with van der Waals surface area (Å²) in [6.07, 6.45) is 3.03. The average Bonchev–Trinajstić information content (AvgIpc) is 3.04. The number of amides is 1. The van der Waals surface area contributed by atoms with Gasteiger partial charge in [-0.2, -0.15) is 0 Å². The van der Waals surface area contributed by atoms with E-state index in [1.165, 1.54) is 18.2 Å². The minimum atomic E-state index is -0.884. The molecule has 1 heterocycles. The molecular formula is C17H22FNO5. The topological polar surface area (TPSA) is 84.9 Å². The van der Waals surface area contributed by atoms with E-state index in [0.717, 1.165) is 19.4 Å². The van der Waals surface area contributed by atoms with Crippen LogP contribution in [0.1, 0.15) is 38.5 Å². The number of halogens is 1. The molecule has 0 saturated carbocycles. The summed E-state index contributed by atoms with van der Waals surface area (Å²) in [7, 11) is 0. The fraction of sp³-hybridized carbons (Fsp3) is 0.529. The fourth-order valence-corrected chi connectivity index (χ4v) is 2.46. The lowest BCUT2D eigenvalue weighted by atomic mass is 10.2. The molecule has 1 atom stereocenters. The van der Waals surface area contributed by atoms with Gasteiger partial charge in [0.1, 0.15) is 18.2 Å². The highest BCUT2D eigenvalue weighted by Gasteiger charge is 2.17. The normalized spacial score (nSPS) is 16.8. The van der Waals surface area contributed by atoms with Gasteiger partial charge in [-0.1, -0.05) is 0 Å². The Kier molecular flexibility index (Phi) is 6.99. The Morgan fingerprint density at radius 3 is 2.83 bits per heavy atom. The predicted molar refractivity (Wildman–Crippen MR) is 85.6 cm³/mol. The van der Waals surface area contributed by atoms with E-state index in [0.29, 0.717) is 25.2 Å². The Bertz CT molecular complexity index is 572. The second-order valence-electron chi connectivity index (χ2n) is 5.74. The number of hydrogen-bond donors (Lipinski definition) is 2. The summed E-state index contributed by atoms with van der Waals surface area (Å²) in [5, 5.41) is 11.2. The van der Waals surface area contributed by atoms with Crippen molar-refractivity contribution in [2.45, 2.75) is 44.6 Å². The Labute approximate surface area is 139 Å². The van der Waals surface area contributed by atoms with Gasteiger partial charge >= 0.3 is 5.97 Å². The molecule has 1 unspecified atom stereocenters. The summed E-state index contributed by atoms with van der Waals surface area (Å²) in [4.78, 5) is 22.3. The smallest absolute Gasteiger partial charge is 0.303 e. The van der Waals surface area contributed by atoms with Gasteiger partial charge in [0, 0.05) is 25.5 Å². The molecule has 0 spiro atoms. The highest BCUT2D eigenvalue weighted by Crippen LogP contribution is 2.27. The molecule has 1 amide bonds. The molecule has 0 radical (unpaired) electrons. The number of nitrogens with one attached hydrogen (secondary N) is 1. The molecule has 0 aromatic heterocycles. The van der Waals surface area contributed by atoms with Gasteiger partial charge in [0.05, 0.1) is 11.8 Å². The van der Waals surface area contributed by atoms with Crippen LogP contribution < -0.4 is 10.1 Å². The van der Waals surface area contributed by atoms with E-state index in [-0.39, 0.29) is 30.5 Å². The number of hydrogen-bond acceptors (Lipinski definition) is 4. The van der Waals surface area contributed by atoms with Crippen LogP contribution in [0.15, 0.2) is 18.2 Å². The molecule has 1 aliphatic heterocycles. The lowest BCUT2D eigenvalue weighted by Crippen LogP contribution is -2.18. The van der Waals surface area contributed by atoms with Crippen molar-refractivity contribution < 1.29 is 28.6 Å². The van der Waals surface area contributed by atoms with Crippen LogP contribution in [0.5, 0.6) is 5.75 Å². The van der Waals surface area contributed by atoms with E-state index in [1.807, 2.05) is 0 Å². The van der Waals surface area contributed by atoms with Crippen molar-refractivity contribution in [1.29, 1.82) is 0 Å². The second-order valence-corrected chi connectivity index (χ2v) is 5.74. The molecule has 2 rings (SSSR count). The molecule has 0 aliphatic carbocycles. The summed E-state index contributed by atoms with van der Waals surface area (Å²) in [5.41, 5.74) is 0.274. The third-order valence-electron chi connectivity index (χ3n) is 3.71. The number of carboxylic acid groups (broad SMARTS) is 1. The molecule has 1 aliphatic rings. The molecule has 0 bridgehead atoms. The van der Waals surface area contributed by atoms with E-state index < -0.39 is 11.8 Å². The number of benzene rings is 1. The first kappa shape index (κ1) is 18.2. The summed E-state index contributed by atoms with van der Waals surface area (Å²) in [6.45, 7) is 1.07. The number of ether oxygens (including phenoxy) is 2. The van der Waals surface area contributed by atoms with Crippen LogP contribution in [-0.4, -0.2) is 36.3 Å². The SMILES string of the molecule is O=C(O)CCCCC(=O)Nc1cc(F)ccc1OCC1CCCO1. The van der Waals surface area contributed by atoms with Crippen LogP contribution in [-0.2, 0) is 14.3 Å². The first-order valence-electron chi connectivity index (χ1n) is 8.10. The van der Waals surface area contributed by atoms with Crippen molar-refractivity contribution in [3.8, 4) is 5.75 Å². The maximum absolute atomic E-state index is 13.4. The van der Waals surface area contributed by atoms with Crippen molar-refractivity contribution in [1.82, 2.24) is 0 Å². The van der Waals surface area contributed by atoms with Crippen molar-refractivity contribution >= 4 is 17.6 Å². The van der Waals surface area contributed by atoms with Crippen LogP contribution >= 0.6 is 0 Å². The second kappa shape index (κ2) is 9.22. The largest absolute Gasteiger partial charge is 0.489 e. The van der Waals surface area contributed by atoms with Crippen LogP contribution in [0, 0.1) is 5.82 Å². The number of carbonyl (C=O) groups excluding carboxylic acids is 1. The van der Waals surface area contributed by atoms with E-state index in [2.05, 4.69) is 5.32 Å². The van der Waals surface area contributed by atoms with Crippen molar-refractivity contribution in [2.24, 2.45) is 0 Å². The summed E-state index contributed by atoms with van der Waals surface area (Å²) < 4.78 is 24.6. The van der Waals surface area contributed by atoms with Gasteiger partial charge < -0.3 is 19.9 Å². The number of rotatable bonds is 9. The average molecular weight is 339 g/mol. The number of carboxylic acids is 1. The summed E-state index contributed by atoms with van der Waals surface area (Å²) in [6, 6.07) is 3.96. The minimum absolute atomic E-state index is 0.0228. The molecular weight excluding hydrogens is 317 g/mol. The Morgan fingerprint density at radius 1 is 1.33 bits per heavy atom. The third-order valence-corrected chi connectivity index (χ3v) is 3.71. The van der Waals surface area contributed by atoms with Gasteiger partial charge in [0.15, 0.2) is 0 Å². The maximum atomic E-state index is 13.4. The van der Waals surface area contributed by atoms with Crippen molar-refractivity contribution in [3.05, 3.63) is 24.0 Å². The molecule has 132 valence electrons. The van der Waals surface area contributed by atoms with Crippen molar-refractivity contribution in [2.75, 3.05) is 18.5 Å². The summed E-state index contributed by atoms with van der Waals surface area (Å²) in [5.74, 6) is -1.26. The molecule has 7 heteroatoms. The van der Waals surface area contributed by atoms with E-state index in [4.69, 9.17) is 14.6 Å². The van der Waals surface area contributed by atoms with Gasteiger partial charge in [-0.15, -0.1) is 0 Å².